The Bertz CT molecular complexity index is 2780. The highest BCUT2D eigenvalue weighted by atomic mass is 15.1. The molecule has 2 heteroatoms. The fourth-order valence-electron chi connectivity index (χ4n) is 8.77. The zero-order chi connectivity index (χ0) is 35.3. The number of anilines is 1. The van der Waals surface area contributed by atoms with Gasteiger partial charge in [0.25, 0.3) is 0 Å². The lowest BCUT2D eigenvalue weighted by Crippen LogP contribution is -2.14. The summed E-state index contributed by atoms with van der Waals surface area (Å²) in [7, 11) is 2.09. The van der Waals surface area contributed by atoms with Crippen molar-refractivity contribution in [3.63, 3.8) is 0 Å². The average Bonchev–Trinajstić information content (AvgIpc) is 3.59. The molecule has 4 aliphatic carbocycles. The molecule has 0 radical (unpaired) electrons. The second kappa shape index (κ2) is 13.0. The molecular formula is C51H40N2. The number of hydrogen-bond acceptors (Lipinski definition) is 1. The zero-order valence-corrected chi connectivity index (χ0v) is 30.0. The van der Waals surface area contributed by atoms with Crippen molar-refractivity contribution in [1.82, 2.24) is 4.57 Å². The molecule has 0 saturated heterocycles. The van der Waals surface area contributed by atoms with Gasteiger partial charge in [-0.2, -0.15) is 0 Å². The van der Waals surface area contributed by atoms with Crippen molar-refractivity contribution in [2.45, 2.75) is 38.0 Å². The van der Waals surface area contributed by atoms with Gasteiger partial charge in [0.15, 0.2) is 0 Å². The highest BCUT2D eigenvalue weighted by Gasteiger charge is 2.24. The SMILES string of the molecule is CN(C1=CC=C=C=C1)c1ccc(C2=CCC(c3ccc4c(c3)c3c5ccccc5c5c(c3n4-c3cccc(C4=CCCC=C4)c3)CCC=C5)C=C2)cc1. The minimum Gasteiger partial charge on any atom is -0.344 e. The van der Waals surface area contributed by atoms with Crippen molar-refractivity contribution in [2.75, 3.05) is 11.9 Å². The number of likely N-dealkylation sites (N-methyl/N-ethyl adjacent to an activating group) is 1. The van der Waals surface area contributed by atoms with Crippen LogP contribution in [0.3, 0.4) is 0 Å². The predicted octanol–water partition coefficient (Wildman–Crippen LogP) is 13.0. The summed E-state index contributed by atoms with van der Waals surface area (Å²) in [4.78, 5) is 2.18. The van der Waals surface area contributed by atoms with E-state index in [0.717, 1.165) is 43.5 Å². The number of rotatable bonds is 6. The van der Waals surface area contributed by atoms with E-state index in [1.165, 1.54) is 77.2 Å². The first kappa shape index (κ1) is 31.4. The Labute approximate surface area is 311 Å². The van der Waals surface area contributed by atoms with Gasteiger partial charge in [-0.1, -0.05) is 115 Å². The molecule has 1 unspecified atom stereocenters. The number of benzene rings is 5. The quantitative estimate of drug-likeness (QED) is 0.159. The summed E-state index contributed by atoms with van der Waals surface area (Å²) in [5.74, 6) is 0.318. The van der Waals surface area contributed by atoms with Gasteiger partial charge in [0.1, 0.15) is 0 Å². The molecule has 0 bridgehead atoms. The van der Waals surface area contributed by atoms with Crippen molar-refractivity contribution in [3.8, 4) is 5.69 Å². The van der Waals surface area contributed by atoms with Gasteiger partial charge in [-0.25, -0.2) is 0 Å². The molecular weight excluding hydrogens is 641 g/mol. The molecule has 1 heterocycles. The normalized spacial score (nSPS) is 17.4. The highest BCUT2D eigenvalue weighted by molar-refractivity contribution is 6.24. The summed E-state index contributed by atoms with van der Waals surface area (Å²) < 4.78 is 2.57. The minimum absolute atomic E-state index is 0.318. The van der Waals surface area contributed by atoms with Crippen LogP contribution in [0.2, 0.25) is 0 Å². The van der Waals surface area contributed by atoms with E-state index >= 15 is 0 Å². The molecule has 5 aromatic carbocycles. The fourth-order valence-corrected chi connectivity index (χ4v) is 8.77. The standard InChI is InChI=1S/C51H40N2/c1-52(41-16-6-3-7-17-41)42-30-27-37(28-31-42)36-23-25-38(26-24-36)40-29-32-49-48(34-40)50-46-21-10-8-19-44(46)45-20-9-11-22-47(45)51(50)53(49)43-18-12-15-39(33-43)35-13-4-2-5-14-35/h4,6,8-10,12-21,23-25,27-34,38H,2,5,11,22,26H2,1H3. The minimum atomic E-state index is 0.318. The molecule has 0 fully saturated rings. The molecule has 0 saturated carbocycles. The third-order valence-corrected chi connectivity index (χ3v) is 11.5. The van der Waals surface area contributed by atoms with E-state index in [1.54, 1.807) is 0 Å². The molecule has 1 aromatic heterocycles. The second-order valence-corrected chi connectivity index (χ2v) is 14.6. The van der Waals surface area contributed by atoms with E-state index in [2.05, 4.69) is 174 Å². The van der Waals surface area contributed by atoms with Gasteiger partial charge in [0, 0.05) is 46.9 Å². The Balaban J connectivity index is 1.06. The number of aromatic nitrogens is 1. The lowest BCUT2D eigenvalue weighted by molar-refractivity contribution is 0.858. The third-order valence-electron chi connectivity index (χ3n) is 11.5. The molecule has 0 N–H and O–H groups in total. The number of hydrogen-bond donors (Lipinski definition) is 0. The van der Waals surface area contributed by atoms with Crippen molar-refractivity contribution in [2.24, 2.45) is 0 Å². The fraction of sp³-hybridized carbons (Fsp3) is 0.137. The van der Waals surface area contributed by atoms with Crippen LogP contribution < -0.4 is 4.90 Å². The topological polar surface area (TPSA) is 8.17 Å². The maximum Gasteiger partial charge on any atom is 0.0585 e. The van der Waals surface area contributed by atoms with Crippen molar-refractivity contribution < 1.29 is 0 Å². The van der Waals surface area contributed by atoms with Crippen LogP contribution >= 0.6 is 0 Å². The Morgan fingerprint density at radius 2 is 1.58 bits per heavy atom. The second-order valence-electron chi connectivity index (χ2n) is 14.6. The molecule has 0 amide bonds. The van der Waals surface area contributed by atoms with Crippen molar-refractivity contribution in [1.29, 1.82) is 0 Å². The van der Waals surface area contributed by atoms with Gasteiger partial charge in [-0.3, -0.25) is 0 Å². The van der Waals surface area contributed by atoms with Crippen LogP contribution in [0.5, 0.6) is 0 Å². The van der Waals surface area contributed by atoms with E-state index in [0.29, 0.717) is 5.92 Å². The first-order valence-electron chi connectivity index (χ1n) is 19.0. The van der Waals surface area contributed by atoms with E-state index in [9.17, 15) is 0 Å². The molecule has 2 nitrogen and oxygen atoms in total. The highest BCUT2D eigenvalue weighted by Crippen LogP contribution is 2.44. The van der Waals surface area contributed by atoms with Crippen LogP contribution in [0.1, 0.15) is 59.4 Å². The number of fused-ring (bicyclic) bond motifs is 8. The van der Waals surface area contributed by atoms with Gasteiger partial charge in [-0.15, -0.1) is 0 Å². The lowest BCUT2D eigenvalue weighted by atomic mass is 9.86. The van der Waals surface area contributed by atoms with Gasteiger partial charge >= 0.3 is 0 Å². The summed E-state index contributed by atoms with van der Waals surface area (Å²) in [6, 6.07) is 34.4. The molecule has 0 spiro atoms. The smallest absolute Gasteiger partial charge is 0.0585 e. The molecule has 0 aliphatic heterocycles. The average molecular weight is 681 g/mol. The first-order valence-corrected chi connectivity index (χ1v) is 19.0. The Kier molecular flexibility index (Phi) is 7.73. The van der Waals surface area contributed by atoms with Gasteiger partial charge in [0.2, 0.25) is 0 Å². The number of allylic oxidation sites excluding steroid dienone is 12. The summed E-state index contributed by atoms with van der Waals surface area (Å²) in [5.41, 5.74) is 21.5. The number of aryl methyl sites for hydroxylation is 1. The maximum absolute atomic E-state index is 3.06. The molecule has 254 valence electrons. The van der Waals surface area contributed by atoms with Gasteiger partial charge in [0.05, 0.1) is 11.0 Å². The lowest BCUT2D eigenvalue weighted by Gasteiger charge is -2.21. The van der Waals surface area contributed by atoms with Crippen LogP contribution in [-0.2, 0) is 6.42 Å². The maximum atomic E-state index is 3.06. The molecule has 53 heavy (non-hydrogen) atoms. The molecule has 10 rings (SSSR count). The molecule has 4 aliphatic rings. The largest absolute Gasteiger partial charge is 0.344 e. The van der Waals surface area contributed by atoms with Crippen LogP contribution in [-0.4, -0.2) is 11.6 Å². The summed E-state index contributed by atoms with van der Waals surface area (Å²) >= 11 is 0. The number of nitrogens with zero attached hydrogens (tertiary/aromatic N) is 2. The van der Waals surface area contributed by atoms with Crippen LogP contribution in [0, 0.1) is 0 Å². The Morgan fingerprint density at radius 1 is 0.717 bits per heavy atom. The molecule has 1 atom stereocenters. The zero-order valence-electron chi connectivity index (χ0n) is 30.0. The summed E-state index contributed by atoms with van der Waals surface area (Å²) in [6.45, 7) is 0. The summed E-state index contributed by atoms with van der Waals surface area (Å²) in [6.07, 6.45) is 30.1. The van der Waals surface area contributed by atoms with Crippen molar-refractivity contribution in [3.05, 3.63) is 197 Å². The third kappa shape index (κ3) is 5.44. The predicted molar refractivity (Wildman–Crippen MR) is 226 cm³/mol. The van der Waals surface area contributed by atoms with Crippen LogP contribution in [0.4, 0.5) is 5.69 Å². The van der Waals surface area contributed by atoms with E-state index in [4.69, 9.17) is 0 Å². The van der Waals surface area contributed by atoms with E-state index < -0.39 is 0 Å². The van der Waals surface area contributed by atoms with E-state index in [-0.39, 0.29) is 0 Å². The Hall–Kier alpha value is -6.30. The summed E-state index contributed by atoms with van der Waals surface area (Å²) in [5, 5.41) is 5.40. The monoisotopic (exact) mass is 680 g/mol. The van der Waals surface area contributed by atoms with Crippen molar-refractivity contribution >= 4 is 55.5 Å². The van der Waals surface area contributed by atoms with E-state index in [1.807, 2.05) is 12.2 Å². The van der Waals surface area contributed by atoms with Crippen LogP contribution in [0.15, 0.2) is 169 Å². The van der Waals surface area contributed by atoms with Crippen LogP contribution in [0.25, 0.3) is 55.5 Å². The molecule has 6 aromatic rings. The van der Waals surface area contributed by atoms with Gasteiger partial charge < -0.3 is 9.47 Å². The first-order chi connectivity index (χ1) is 26.2. The Morgan fingerprint density at radius 3 is 2.40 bits per heavy atom. The van der Waals surface area contributed by atoms with Gasteiger partial charge in [-0.05, 0) is 130 Å².